The summed E-state index contributed by atoms with van der Waals surface area (Å²) < 4.78 is 0. The molecule has 2 amide bonds. The number of aliphatic hydroxyl groups is 1. The van der Waals surface area contributed by atoms with Crippen LogP contribution in [0, 0.1) is 18.8 Å². The number of amides is 2. The molecule has 2 N–H and O–H groups in total. The molecule has 2 rings (SSSR count). The number of hydrogen-bond acceptors (Lipinski definition) is 3. The molecule has 2 atom stereocenters. The Balaban J connectivity index is 2.14. The summed E-state index contributed by atoms with van der Waals surface area (Å²) in [4.78, 5) is 25.9. The predicted molar refractivity (Wildman–Crippen MR) is 75.2 cm³/mol. The van der Waals surface area contributed by atoms with E-state index in [1.165, 1.54) is 0 Å². The van der Waals surface area contributed by atoms with E-state index in [-0.39, 0.29) is 30.3 Å². The minimum absolute atomic E-state index is 0.0847. The molecule has 5 heteroatoms. The van der Waals surface area contributed by atoms with Crippen LogP contribution in [0.25, 0.3) is 0 Å². The molecule has 0 unspecified atom stereocenters. The highest BCUT2D eigenvalue weighted by atomic mass is 16.3. The van der Waals surface area contributed by atoms with E-state index >= 15 is 0 Å². The zero-order valence-corrected chi connectivity index (χ0v) is 11.8. The second-order valence-corrected chi connectivity index (χ2v) is 5.24. The summed E-state index contributed by atoms with van der Waals surface area (Å²) in [6.45, 7) is 2.62. The smallest absolute Gasteiger partial charge is 0.253 e. The van der Waals surface area contributed by atoms with Crippen LogP contribution in [0.5, 0.6) is 0 Å². The van der Waals surface area contributed by atoms with Gasteiger partial charge in [-0.25, -0.2) is 0 Å². The predicted octanol–water partition coefficient (Wildman–Crippen LogP) is 0.422. The van der Waals surface area contributed by atoms with Crippen molar-refractivity contribution in [3.05, 3.63) is 35.4 Å². The fraction of sp³-hybridized carbons (Fsp3) is 0.467. The van der Waals surface area contributed by atoms with Gasteiger partial charge in [-0.1, -0.05) is 17.7 Å². The van der Waals surface area contributed by atoms with Gasteiger partial charge in [0.15, 0.2) is 0 Å². The molecule has 5 nitrogen and oxygen atoms in total. The Kier molecular flexibility index (Phi) is 4.39. The lowest BCUT2D eigenvalue weighted by Gasteiger charge is -2.16. The fourth-order valence-electron chi connectivity index (χ4n) is 2.67. The Morgan fingerprint density at radius 2 is 2.15 bits per heavy atom. The van der Waals surface area contributed by atoms with Crippen molar-refractivity contribution in [3.63, 3.8) is 0 Å². The van der Waals surface area contributed by atoms with Gasteiger partial charge in [-0.2, -0.15) is 0 Å². The number of rotatable bonds is 3. The minimum atomic E-state index is -0.334. The van der Waals surface area contributed by atoms with E-state index in [0.717, 1.165) is 5.56 Å². The first kappa shape index (κ1) is 14.5. The second kappa shape index (κ2) is 6.05. The van der Waals surface area contributed by atoms with Crippen molar-refractivity contribution in [2.45, 2.75) is 6.92 Å². The van der Waals surface area contributed by atoms with Crippen molar-refractivity contribution in [2.75, 3.05) is 26.7 Å². The number of aliphatic hydroxyl groups excluding tert-OH is 1. The molecule has 1 aromatic carbocycles. The van der Waals surface area contributed by atoms with Gasteiger partial charge in [-0.15, -0.1) is 0 Å². The highest BCUT2D eigenvalue weighted by Gasteiger charge is 2.38. The Bertz CT molecular complexity index is 516. The van der Waals surface area contributed by atoms with Crippen LogP contribution in [0.3, 0.4) is 0 Å². The third-order valence-corrected chi connectivity index (χ3v) is 3.81. The Hall–Kier alpha value is -1.88. The van der Waals surface area contributed by atoms with Crippen LogP contribution in [0.15, 0.2) is 24.3 Å². The van der Waals surface area contributed by atoms with Crippen molar-refractivity contribution in [1.82, 2.24) is 10.2 Å². The van der Waals surface area contributed by atoms with Gasteiger partial charge >= 0.3 is 0 Å². The first-order valence-corrected chi connectivity index (χ1v) is 6.75. The molecule has 1 fully saturated rings. The normalized spacial score (nSPS) is 21.9. The standard InChI is InChI=1S/C15H20N2O3/c1-10-4-3-5-11(6-10)15(20)17-7-12(9-18)13(8-17)14(19)16-2/h3-6,12-13,18H,7-9H2,1-2H3,(H,16,19)/t12-,13+/m0/s1. The quantitative estimate of drug-likeness (QED) is 0.840. The van der Waals surface area contributed by atoms with Crippen molar-refractivity contribution in [2.24, 2.45) is 11.8 Å². The molecule has 0 aliphatic carbocycles. The SMILES string of the molecule is CNC(=O)[C@@H]1CN(C(=O)c2cccc(C)c2)C[C@H]1CO. The maximum Gasteiger partial charge on any atom is 0.253 e. The summed E-state index contributed by atoms with van der Waals surface area (Å²) >= 11 is 0. The van der Waals surface area contributed by atoms with Crippen LogP contribution in [0.2, 0.25) is 0 Å². The van der Waals surface area contributed by atoms with E-state index < -0.39 is 0 Å². The van der Waals surface area contributed by atoms with E-state index in [1.54, 1.807) is 18.0 Å². The number of carbonyl (C=O) groups excluding carboxylic acids is 2. The van der Waals surface area contributed by atoms with E-state index in [1.807, 2.05) is 25.1 Å². The highest BCUT2D eigenvalue weighted by Crippen LogP contribution is 2.25. The van der Waals surface area contributed by atoms with E-state index in [4.69, 9.17) is 0 Å². The van der Waals surface area contributed by atoms with Gasteiger partial charge in [0.2, 0.25) is 5.91 Å². The maximum absolute atomic E-state index is 12.4. The fourth-order valence-corrected chi connectivity index (χ4v) is 2.67. The molecule has 1 aliphatic rings. The van der Waals surface area contributed by atoms with Crippen molar-refractivity contribution in [3.8, 4) is 0 Å². The van der Waals surface area contributed by atoms with E-state index in [0.29, 0.717) is 18.7 Å². The molecule has 0 bridgehead atoms. The van der Waals surface area contributed by atoms with Crippen LogP contribution in [-0.4, -0.2) is 48.6 Å². The van der Waals surface area contributed by atoms with Gasteiger partial charge in [0.1, 0.15) is 0 Å². The van der Waals surface area contributed by atoms with Gasteiger partial charge in [-0.05, 0) is 19.1 Å². The average molecular weight is 276 g/mol. The zero-order valence-electron chi connectivity index (χ0n) is 11.8. The zero-order chi connectivity index (χ0) is 14.7. The largest absolute Gasteiger partial charge is 0.396 e. The van der Waals surface area contributed by atoms with Gasteiger partial charge in [0.05, 0.1) is 5.92 Å². The number of benzene rings is 1. The Morgan fingerprint density at radius 3 is 2.75 bits per heavy atom. The highest BCUT2D eigenvalue weighted by molar-refractivity contribution is 5.95. The van der Waals surface area contributed by atoms with Gasteiger partial charge in [0, 0.05) is 38.2 Å². The van der Waals surface area contributed by atoms with Crippen molar-refractivity contribution in [1.29, 1.82) is 0 Å². The molecule has 108 valence electrons. The summed E-state index contributed by atoms with van der Waals surface area (Å²) in [5.41, 5.74) is 1.65. The maximum atomic E-state index is 12.4. The molecular weight excluding hydrogens is 256 g/mol. The number of nitrogens with zero attached hydrogens (tertiary/aromatic N) is 1. The molecule has 0 saturated carbocycles. The number of aryl methyl sites for hydroxylation is 1. The summed E-state index contributed by atoms with van der Waals surface area (Å²) in [5.74, 6) is -0.732. The van der Waals surface area contributed by atoms with Gasteiger partial charge < -0.3 is 15.3 Å². The van der Waals surface area contributed by atoms with Gasteiger partial charge in [0.25, 0.3) is 5.91 Å². The molecule has 0 radical (unpaired) electrons. The third-order valence-electron chi connectivity index (χ3n) is 3.81. The summed E-state index contributed by atoms with van der Waals surface area (Å²) in [5, 5.41) is 12.0. The lowest BCUT2D eigenvalue weighted by atomic mass is 9.96. The topological polar surface area (TPSA) is 69.6 Å². The Morgan fingerprint density at radius 1 is 1.40 bits per heavy atom. The molecule has 1 aliphatic heterocycles. The van der Waals surface area contributed by atoms with Gasteiger partial charge in [-0.3, -0.25) is 9.59 Å². The molecule has 0 aromatic heterocycles. The minimum Gasteiger partial charge on any atom is -0.396 e. The number of carbonyl (C=O) groups is 2. The van der Waals surface area contributed by atoms with Crippen LogP contribution in [0.1, 0.15) is 15.9 Å². The summed E-state index contributed by atoms with van der Waals surface area (Å²) in [7, 11) is 1.57. The Labute approximate surface area is 118 Å². The number of likely N-dealkylation sites (tertiary alicyclic amines) is 1. The first-order chi connectivity index (χ1) is 9.56. The van der Waals surface area contributed by atoms with Crippen LogP contribution in [-0.2, 0) is 4.79 Å². The molecule has 1 heterocycles. The lowest BCUT2D eigenvalue weighted by Crippen LogP contribution is -2.34. The summed E-state index contributed by atoms with van der Waals surface area (Å²) in [6.07, 6.45) is 0. The first-order valence-electron chi connectivity index (χ1n) is 6.75. The number of hydrogen-bond donors (Lipinski definition) is 2. The lowest BCUT2D eigenvalue weighted by molar-refractivity contribution is -0.125. The number of nitrogens with one attached hydrogen (secondary N) is 1. The third kappa shape index (κ3) is 2.82. The van der Waals surface area contributed by atoms with E-state index in [2.05, 4.69) is 5.32 Å². The van der Waals surface area contributed by atoms with E-state index in [9.17, 15) is 14.7 Å². The van der Waals surface area contributed by atoms with Crippen molar-refractivity contribution >= 4 is 11.8 Å². The molecule has 1 aromatic rings. The molecule has 1 saturated heterocycles. The van der Waals surface area contributed by atoms with Crippen LogP contribution >= 0.6 is 0 Å². The second-order valence-electron chi connectivity index (χ2n) is 5.24. The summed E-state index contributed by atoms with van der Waals surface area (Å²) in [6, 6.07) is 7.39. The average Bonchev–Trinajstić information content (AvgIpc) is 2.89. The van der Waals surface area contributed by atoms with Crippen LogP contribution < -0.4 is 5.32 Å². The van der Waals surface area contributed by atoms with Crippen LogP contribution in [0.4, 0.5) is 0 Å². The molecule has 20 heavy (non-hydrogen) atoms. The van der Waals surface area contributed by atoms with Crippen molar-refractivity contribution < 1.29 is 14.7 Å². The molecular formula is C15H20N2O3. The monoisotopic (exact) mass is 276 g/mol. The molecule has 0 spiro atoms.